The van der Waals surface area contributed by atoms with Crippen LogP contribution >= 0.6 is 11.6 Å². The highest BCUT2D eigenvalue weighted by molar-refractivity contribution is 6.30. The maximum Gasteiger partial charge on any atom is 0.261 e. The van der Waals surface area contributed by atoms with Crippen molar-refractivity contribution in [2.45, 2.75) is 52.2 Å². The monoisotopic (exact) mass is 492 g/mol. The van der Waals surface area contributed by atoms with Crippen molar-refractivity contribution in [3.8, 4) is 5.75 Å². The fraction of sp³-hybridized carbons (Fsp3) is 0.310. The summed E-state index contributed by atoms with van der Waals surface area (Å²) in [6.07, 6.45) is 0.375. The first-order valence-electron chi connectivity index (χ1n) is 11.7. The smallest absolute Gasteiger partial charge is 0.261 e. The van der Waals surface area contributed by atoms with Gasteiger partial charge in [-0.2, -0.15) is 0 Å². The van der Waals surface area contributed by atoms with E-state index in [2.05, 4.69) is 5.32 Å². The molecule has 1 N–H and O–H groups in total. The second-order valence-corrected chi connectivity index (χ2v) is 10.1. The van der Waals surface area contributed by atoms with Crippen molar-refractivity contribution in [1.82, 2.24) is 10.2 Å². The van der Waals surface area contributed by atoms with Crippen LogP contribution in [-0.2, 0) is 22.6 Å². The SMILES string of the molecule is Cc1cccc(OCC(=O)N(Cc2cccc(Cl)c2)C(Cc2ccccc2)C(=O)NC(C)(C)C)c1. The Morgan fingerprint density at radius 3 is 2.29 bits per heavy atom. The van der Waals surface area contributed by atoms with Gasteiger partial charge in [0.2, 0.25) is 5.91 Å². The van der Waals surface area contributed by atoms with E-state index in [4.69, 9.17) is 16.3 Å². The highest BCUT2D eigenvalue weighted by Gasteiger charge is 2.32. The Hall–Kier alpha value is -3.31. The van der Waals surface area contributed by atoms with Crippen LogP contribution in [0.1, 0.15) is 37.5 Å². The number of carbonyl (C=O) groups is 2. The molecule has 3 aromatic carbocycles. The van der Waals surface area contributed by atoms with Crippen LogP contribution in [0.25, 0.3) is 0 Å². The number of ether oxygens (including phenoxy) is 1. The quantitative estimate of drug-likeness (QED) is 0.424. The molecule has 0 fully saturated rings. The third kappa shape index (κ3) is 8.45. The third-order valence-corrected chi connectivity index (χ3v) is 5.60. The molecule has 6 heteroatoms. The number of hydrogen-bond donors (Lipinski definition) is 1. The molecule has 0 radical (unpaired) electrons. The van der Waals surface area contributed by atoms with Crippen molar-refractivity contribution in [3.63, 3.8) is 0 Å². The molecule has 5 nitrogen and oxygen atoms in total. The summed E-state index contributed by atoms with van der Waals surface area (Å²) in [6, 6.07) is 23.8. The Kier molecular flexibility index (Phi) is 8.94. The zero-order chi connectivity index (χ0) is 25.4. The Bertz CT molecular complexity index is 1140. The van der Waals surface area contributed by atoms with Gasteiger partial charge in [0.1, 0.15) is 11.8 Å². The summed E-state index contributed by atoms with van der Waals surface area (Å²) in [5.41, 5.74) is 2.39. The van der Waals surface area contributed by atoms with Gasteiger partial charge in [0, 0.05) is 23.5 Å². The first kappa shape index (κ1) is 26.3. The Labute approximate surface area is 213 Å². The molecule has 35 heavy (non-hydrogen) atoms. The lowest BCUT2D eigenvalue weighted by molar-refractivity contribution is -0.143. The summed E-state index contributed by atoms with van der Waals surface area (Å²) < 4.78 is 5.82. The Morgan fingerprint density at radius 2 is 1.63 bits per heavy atom. The van der Waals surface area contributed by atoms with E-state index in [1.165, 1.54) is 0 Å². The lowest BCUT2D eigenvalue weighted by atomic mass is 10.0. The van der Waals surface area contributed by atoms with E-state index in [0.29, 0.717) is 17.2 Å². The summed E-state index contributed by atoms with van der Waals surface area (Å²) >= 11 is 6.22. The van der Waals surface area contributed by atoms with Crippen LogP contribution in [0, 0.1) is 6.92 Å². The topological polar surface area (TPSA) is 58.6 Å². The second-order valence-electron chi connectivity index (χ2n) is 9.70. The molecule has 1 atom stereocenters. The maximum absolute atomic E-state index is 13.6. The maximum atomic E-state index is 13.6. The molecule has 0 spiro atoms. The third-order valence-electron chi connectivity index (χ3n) is 5.36. The molecule has 0 heterocycles. The van der Waals surface area contributed by atoms with E-state index in [9.17, 15) is 9.59 Å². The van der Waals surface area contributed by atoms with E-state index in [-0.39, 0.29) is 25.0 Å². The standard InChI is InChI=1S/C29H33ClN2O3/c1-21-10-8-15-25(16-21)35-20-27(33)32(19-23-13-9-14-24(30)17-23)26(28(34)31-29(2,3)4)18-22-11-6-5-7-12-22/h5-17,26H,18-20H2,1-4H3,(H,31,34). The molecule has 0 aliphatic heterocycles. The van der Waals surface area contributed by atoms with Gasteiger partial charge in [0.05, 0.1) is 0 Å². The van der Waals surface area contributed by atoms with Gasteiger partial charge >= 0.3 is 0 Å². The zero-order valence-corrected chi connectivity index (χ0v) is 21.5. The predicted octanol–water partition coefficient (Wildman–Crippen LogP) is 5.58. The number of aryl methyl sites for hydroxylation is 1. The summed E-state index contributed by atoms with van der Waals surface area (Å²) in [5.74, 6) is 0.114. The van der Waals surface area contributed by atoms with Gasteiger partial charge in [0.25, 0.3) is 5.91 Å². The van der Waals surface area contributed by atoms with Crippen molar-refractivity contribution in [2.75, 3.05) is 6.61 Å². The molecule has 0 bridgehead atoms. The molecular formula is C29H33ClN2O3. The van der Waals surface area contributed by atoms with Gasteiger partial charge in [-0.25, -0.2) is 0 Å². The molecule has 184 valence electrons. The summed E-state index contributed by atoms with van der Waals surface area (Å²) in [6.45, 7) is 7.79. The van der Waals surface area contributed by atoms with Crippen LogP contribution in [0.15, 0.2) is 78.9 Å². The molecule has 0 saturated carbocycles. The Balaban J connectivity index is 1.93. The van der Waals surface area contributed by atoms with Crippen molar-refractivity contribution in [3.05, 3.63) is 101 Å². The average Bonchev–Trinajstić information content (AvgIpc) is 2.79. The normalized spacial score (nSPS) is 12.0. The van der Waals surface area contributed by atoms with Crippen LogP contribution in [-0.4, -0.2) is 34.9 Å². The van der Waals surface area contributed by atoms with Gasteiger partial charge in [-0.3, -0.25) is 9.59 Å². The van der Waals surface area contributed by atoms with E-state index < -0.39 is 11.6 Å². The van der Waals surface area contributed by atoms with Crippen LogP contribution < -0.4 is 10.1 Å². The van der Waals surface area contributed by atoms with E-state index >= 15 is 0 Å². The van der Waals surface area contributed by atoms with Crippen LogP contribution in [0.4, 0.5) is 0 Å². The molecule has 0 saturated heterocycles. The van der Waals surface area contributed by atoms with Crippen molar-refractivity contribution < 1.29 is 14.3 Å². The number of benzene rings is 3. The van der Waals surface area contributed by atoms with Crippen molar-refractivity contribution in [1.29, 1.82) is 0 Å². The van der Waals surface area contributed by atoms with Crippen LogP contribution in [0.5, 0.6) is 5.75 Å². The van der Waals surface area contributed by atoms with E-state index in [0.717, 1.165) is 16.7 Å². The van der Waals surface area contributed by atoms with E-state index in [1.54, 1.807) is 11.0 Å². The average molecular weight is 493 g/mol. The zero-order valence-electron chi connectivity index (χ0n) is 20.8. The molecule has 0 aromatic heterocycles. The van der Waals surface area contributed by atoms with E-state index in [1.807, 2.05) is 100 Å². The highest BCUT2D eigenvalue weighted by atomic mass is 35.5. The number of halogens is 1. The summed E-state index contributed by atoms with van der Waals surface area (Å²) in [7, 11) is 0. The van der Waals surface area contributed by atoms with Crippen LogP contribution in [0.2, 0.25) is 5.02 Å². The number of nitrogens with zero attached hydrogens (tertiary/aromatic N) is 1. The first-order valence-corrected chi connectivity index (χ1v) is 12.1. The largest absolute Gasteiger partial charge is 0.484 e. The van der Waals surface area contributed by atoms with Gasteiger partial charge in [0.15, 0.2) is 6.61 Å². The molecule has 3 rings (SSSR count). The number of nitrogens with one attached hydrogen (secondary N) is 1. The molecule has 0 aliphatic carbocycles. The number of carbonyl (C=O) groups excluding carboxylic acids is 2. The fourth-order valence-corrected chi connectivity index (χ4v) is 3.98. The molecular weight excluding hydrogens is 460 g/mol. The lowest BCUT2D eigenvalue weighted by Gasteiger charge is -2.33. The summed E-state index contributed by atoms with van der Waals surface area (Å²) in [4.78, 5) is 28.7. The Morgan fingerprint density at radius 1 is 0.943 bits per heavy atom. The second kappa shape index (κ2) is 11.9. The minimum atomic E-state index is -0.732. The fourth-order valence-electron chi connectivity index (χ4n) is 3.77. The molecule has 1 unspecified atom stereocenters. The number of amides is 2. The predicted molar refractivity (Wildman–Crippen MR) is 141 cm³/mol. The lowest BCUT2D eigenvalue weighted by Crippen LogP contribution is -2.55. The number of rotatable bonds is 9. The van der Waals surface area contributed by atoms with Gasteiger partial charge in [-0.05, 0) is 68.7 Å². The van der Waals surface area contributed by atoms with Crippen molar-refractivity contribution >= 4 is 23.4 Å². The van der Waals surface area contributed by atoms with Gasteiger partial charge in [-0.1, -0.05) is 66.2 Å². The van der Waals surface area contributed by atoms with Gasteiger partial charge < -0.3 is 15.0 Å². The first-order chi connectivity index (χ1) is 16.6. The minimum Gasteiger partial charge on any atom is -0.484 e. The minimum absolute atomic E-state index is 0.182. The van der Waals surface area contributed by atoms with Crippen LogP contribution in [0.3, 0.4) is 0 Å². The van der Waals surface area contributed by atoms with Gasteiger partial charge in [-0.15, -0.1) is 0 Å². The van der Waals surface area contributed by atoms with Crippen molar-refractivity contribution in [2.24, 2.45) is 0 Å². The summed E-state index contributed by atoms with van der Waals surface area (Å²) in [5, 5.41) is 3.63. The highest BCUT2D eigenvalue weighted by Crippen LogP contribution is 2.19. The number of hydrogen-bond acceptors (Lipinski definition) is 3. The molecule has 3 aromatic rings. The molecule has 0 aliphatic rings. The molecule has 2 amide bonds.